The van der Waals surface area contributed by atoms with Crippen LogP contribution in [0, 0.1) is 6.92 Å². The number of benzene rings is 1. The first kappa shape index (κ1) is 18.4. The second-order valence-corrected chi connectivity index (χ2v) is 8.61. The van der Waals surface area contributed by atoms with E-state index in [9.17, 15) is 8.42 Å². The van der Waals surface area contributed by atoms with Crippen molar-refractivity contribution in [3.05, 3.63) is 51.9 Å². The highest BCUT2D eigenvalue weighted by Crippen LogP contribution is 2.26. The molecule has 0 aliphatic rings. The molecule has 0 saturated heterocycles. The van der Waals surface area contributed by atoms with Gasteiger partial charge in [0.2, 0.25) is 10.0 Å². The van der Waals surface area contributed by atoms with Crippen LogP contribution < -0.4 is 4.72 Å². The van der Waals surface area contributed by atoms with Gasteiger partial charge in [0.25, 0.3) is 0 Å². The van der Waals surface area contributed by atoms with E-state index in [1.165, 1.54) is 6.07 Å². The fraction of sp³-hybridized carbons (Fsp3) is 0.333. The molecular weight excluding hydrogens is 358 g/mol. The molecule has 0 aliphatic carbocycles. The summed E-state index contributed by atoms with van der Waals surface area (Å²) in [6, 6.07) is 10.6. The number of ether oxygens (including phenoxy) is 1. The zero-order valence-corrected chi connectivity index (χ0v) is 14.9. The molecule has 2 N–H and O–H groups in total. The van der Waals surface area contributed by atoms with Gasteiger partial charge in [0.05, 0.1) is 23.7 Å². The molecule has 1 aromatic carbocycles. The molecule has 1 atom stereocenters. The predicted octanol–water partition coefficient (Wildman–Crippen LogP) is 2.74. The van der Waals surface area contributed by atoms with E-state index in [0.717, 1.165) is 22.5 Å². The van der Waals surface area contributed by atoms with E-state index in [1.54, 1.807) is 6.07 Å². The third kappa shape index (κ3) is 5.27. The fourth-order valence-corrected chi connectivity index (χ4v) is 4.51. The van der Waals surface area contributed by atoms with Crippen LogP contribution in [0.4, 0.5) is 0 Å². The van der Waals surface area contributed by atoms with Crippen LogP contribution >= 0.6 is 22.9 Å². The summed E-state index contributed by atoms with van der Waals surface area (Å²) in [7, 11) is -3.63. The van der Waals surface area contributed by atoms with Gasteiger partial charge in [-0.05, 0) is 24.6 Å². The number of nitrogens with one attached hydrogen (secondary N) is 1. The van der Waals surface area contributed by atoms with Gasteiger partial charge in [0.15, 0.2) is 0 Å². The minimum Gasteiger partial charge on any atom is -0.394 e. The molecule has 0 saturated carbocycles. The summed E-state index contributed by atoms with van der Waals surface area (Å²) in [6.07, 6.45) is -0.479. The van der Waals surface area contributed by atoms with Gasteiger partial charge in [0, 0.05) is 6.54 Å². The lowest BCUT2D eigenvalue weighted by atomic mass is 10.1. The van der Waals surface area contributed by atoms with E-state index in [0.29, 0.717) is 4.34 Å². The molecule has 0 bridgehead atoms. The number of hydrogen-bond donors (Lipinski definition) is 2. The minimum absolute atomic E-state index is 0.0704. The van der Waals surface area contributed by atoms with E-state index in [1.807, 2.05) is 31.2 Å². The molecule has 2 aromatic rings. The van der Waals surface area contributed by atoms with Gasteiger partial charge < -0.3 is 9.84 Å². The Bertz CT molecular complexity index is 728. The van der Waals surface area contributed by atoms with Gasteiger partial charge in [0.1, 0.15) is 4.21 Å². The summed E-state index contributed by atoms with van der Waals surface area (Å²) in [5.74, 6) is 0. The summed E-state index contributed by atoms with van der Waals surface area (Å²) in [6.45, 7) is 2.04. The van der Waals surface area contributed by atoms with Crippen molar-refractivity contribution in [3.8, 4) is 0 Å². The average Bonchev–Trinajstić information content (AvgIpc) is 2.96. The van der Waals surface area contributed by atoms with Crippen LogP contribution in [0.3, 0.4) is 0 Å². The van der Waals surface area contributed by atoms with Gasteiger partial charge >= 0.3 is 0 Å². The van der Waals surface area contributed by atoms with Crippen molar-refractivity contribution in [2.75, 3.05) is 19.8 Å². The number of sulfonamides is 1. The van der Waals surface area contributed by atoms with Crippen LogP contribution in [-0.2, 0) is 14.8 Å². The Morgan fingerprint density at radius 1 is 1.26 bits per heavy atom. The topological polar surface area (TPSA) is 75.6 Å². The number of aryl methyl sites for hydroxylation is 1. The Kier molecular flexibility index (Phi) is 6.58. The van der Waals surface area contributed by atoms with Crippen LogP contribution in [0.5, 0.6) is 0 Å². The van der Waals surface area contributed by atoms with Crippen molar-refractivity contribution >= 4 is 33.0 Å². The number of hydrogen-bond acceptors (Lipinski definition) is 5. The van der Waals surface area contributed by atoms with Gasteiger partial charge in [-0.25, -0.2) is 13.1 Å². The largest absolute Gasteiger partial charge is 0.394 e. The highest BCUT2D eigenvalue weighted by Gasteiger charge is 2.20. The smallest absolute Gasteiger partial charge is 0.250 e. The number of aliphatic hydroxyl groups excluding tert-OH is 1. The number of thiophene rings is 1. The molecule has 8 heteroatoms. The molecular formula is C15H18ClNO4S2. The first-order chi connectivity index (χ1) is 10.9. The summed E-state index contributed by atoms with van der Waals surface area (Å²) in [5, 5.41) is 8.94. The molecule has 0 aliphatic heterocycles. The zero-order valence-electron chi connectivity index (χ0n) is 12.5. The summed E-state index contributed by atoms with van der Waals surface area (Å²) >= 11 is 6.78. The maximum absolute atomic E-state index is 12.2. The van der Waals surface area contributed by atoms with Crippen LogP contribution in [0.1, 0.15) is 17.2 Å². The Morgan fingerprint density at radius 2 is 1.96 bits per heavy atom. The maximum Gasteiger partial charge on any atom is 0.250 e. The Morgan fingerprint density at radius 3 is 2.52 bits per heavy atom. The SMILES string of the molecule is Cc1ccc([C@H](CNS(=O)(=O)c2ccc(Cl)s2)OCCO)cc1. The first-order valence-electron chi connectivity index (χ1n) is 6.96. The molecule has 5 nitrogen and oxygen atoms in total. The van der Waals surface area contributed by atoms with Gasteiger partial charge in [-0.2, -0.15) is 0 Å². The molecule has 2 rings (SSSR count). The van der Waals surface area contributed by atoms with Crippen molar-refractivity contribution in [1.29, 1.82) is 0 Å². The van der Waals surface area contributed by atoms with Crippen LogP contribution in [0.2, 0.25) is 4.34 Å². The minimum atomic E-state index is -3.63. The van der Waals surface area contributed by atoms with Crippen LogP contribution in [0.15, 0.2) is 40.6 Å². The second-order valence-electron chi connectivity index (χ2n) is 4.90. The fourth-order valence-electron chi connectivity index (χ4n) is 1.95. The normalized spacial score (nSPS) is 13.2. The van der Waals surface area contributed by atoms with Gasteiger partial charge in [-0.3, -0.25) is 0 Å². The standard InChI is InChI=1S/C15H18ClNO4S2/c1-11-2-4-12(5-3-11)13(21-9-8-18)10-17-23(19,20)15-7-6-14(16)22-15/h2-7,13,17-18H,8-10H2,1H3/t13-/m0/s1. The van der Waals surface area contributed by atoms with Crippen LogP contribution in [-0.4, -0.2) is 33.3 Å². The summed E-state index contributed by atoms with van der Waals surface area (Å²) < 4.78 is 33.1. The van der Waals surface area contributed by atoms with E-state index < -0.39 is 16.1 Å². The lowest BCUT2D eigenvalue weighted by molar-refractivity contribution is 0.0309. The molecule has 0 spiro atoms. The molecule has 126 valence electrons. The monoisotopic (exact) mass is 375 g/mol. The zero-order chi connectivity index (χ0) is 16.9. The van der Waals surface area contributed by atoms with Crippen molar-refractivity contribution in [2.45, 2.75) is 17.2 Å². The highest BCUT2D eigenvalue weighted by atomic mass is 35.5. The van der Waals surface area contributed by atoms with E-state index in [-0.39, 0.29) is 24.0 Å². The molecule has 0 amide bonds. The van der Waals surface area contributed by atoms with Crippen molar-refractivity contribution in [1.82, 2.24) is 4.72 Å². The van der Waals surface area contributed by atoms with Crippen molar-refractivity contribution in [3.63, 3.8) is 0 Å². The Hall–Kier alpha value is -0.960. The Balaban J connectivity index is 2.10. The lowest BCUT2D eigenvalue weighted by Gasteiger charge is -2.18. The first-order valence-corrected chi connectivity index (χ1v) is 9.64. The Labute approximate surface area is 144 Å². The van der Waals surface area contributed by atoms with Crippen molar-refractivity contribution in [2.24, 2.45) is 0 Å². The summed E-state index contributed by atoms with van der Waals surface area (Å²) in [5.41, 5.74) is 1.94. The van der Waals surface area contributed by atoms with Gasteiger partial charge in [-0.15, -0.1) is 11.3 Å². The molecule has 1 aromatic heterocycles. The summed E-state index contributed by atoms with van der Waals surface area (Å²) in [4.78, 5) is 0. The maximum atomic E-state index is 12.2. The number of rotatable bonds is 8. The van der Waals surface area contributed by atoms with E-state index in [2.05, 4.69) is 4.72 Å². The molecule has 0 radical (unpaired) electrons. The predicted molar refractivity (Wildman–Crippen MR) is 91.5 cm³/mol. The highest BCUT2D eigenvalue weighted by molar-refractivity contribution is 7.91. The third-order valence-corrected chi connectivity index (χ3v) is 6.28. The average molecular weight is 376 g/mol. The lowest BCUT2D eigenvalue weighted by Crippen LogP contribution is -2.29. The van der Waals surface area contributed by atoms with E-state index in [4.69, 9.17) is 21.4 Å². The molecule has 1 heterocycles. The molecule has 0 unspecified atom stereocenters. The van der Waals surface area contributed by atoms with Crippen molar-refractivity contribution < 1.29 is 18.3 Å². The van der Waals surface area contributed by atoms with Crippen LogP contribution in [0.25, 0.3) is 0 Å². The molecule has 23 heavy (non-hydrogen) atoms. The second kappa shape index (κ2) is 8.23. The number of aliphatic hydroxyl groups is 1. The number of halogens is 1. The molecule has 0 fully saturated rings. The quantitative estimate of drug-likeness (QED) is 0.743. The van der Waals surface area contributed by atoms with E-state index >= 15 is 0 Å². The van der Waals surface area contributed by atoms with Gasteiger partial charge in [-0.1, -0.05) is 41.4 Å². The third-order valence-electron chi connectivity index (χ3n) is 3.13.